The number of methoxy groups -OCH3 is 1. The van der Waals surface area contributed by atoms with E-state index in [2.05, 4.69) is 25.1 Å². The second-order valence-corrected chi connectivity index (χ2v) is 7.19. The third-order valence-corrected chi connectivity index (χ3v) is 5.24. The number of nitrogens with zero attached hydrogens (tertiary/aromatic N) is 4. The van der Waals surface area contributed by atoms with E-state index in [0.29, 0.717) is 11.1 Å². The van der Waals surface area contributed by atoms with Crippen LogP contribution in [-0.4, -0.2) is 62.5 Å². The summed E-state index contributed by atoms with van der Waals surface area (Å²) in [5, 5.41) is 4.26. The van der Waals surface area contributed by atoms with Crippen LogP contribution < -0.4 is 19.9 Å². The van der Waals surface area contributed by atoms with Crippen LogP contribution in [0.25, 0.3) is 0 Å². The topological polar surface area (TPSA) is 62.8 Å². The minimum absolute atomic E-state index is 0.307. The molecule has 2 aromatic rings. The molecule has 2 aliphatic heterocycles. The molecule has 2 aliphatic rings. The highest BCUT2D eigenvalue weighted by atomic mass is 35.5. The molecule has 0 bridgehead atoms. The van der Waals surface area contributed by atoms with Crippen molar-refractivity contribution in [2.45, 2.75) is 12.5 Å². The first-order valence-corrected chi connectivity index (χ1v) is 9.60. The summed E-state index contributed by atoms with van der Waals surface area (Å²) >= 11 is 6.18. The standard InChI is InChI=1S/C19H24ClN5O2/c1-26-17-3-2-14(20)10-16(17)25-5-4-15(12-25)23-18-11-19(22-13-21-18)24-6-8-27-9-7-24/h2-3,10-11,13,15H,4-9,12H2,1H3,(H,21,22,23). The molecule has 27 heavy (non-hydrogen) atoms. The molecule has 0 amide bonds. The van der Waals surface area contributed by atoms with Crippen LogP contribution in [0.2, 0.25) is 5.02 Å². The molecule has 7 nitrogen and oxygen atoms in total. The van der Waals surface area contributed by atoms with E-state index in [1.807, 2.05) is 24.3 Å². The van der Waals surface area contributed by atoms with Crippen LogP contribution in [0.1, 0.15) is 6.42 Å². The van der Waals surface area contributed by atoms with E-state index in [1.54, 1.807) is 13.4 Å². The molecule has 2 saturated heterocycles. The van der Waals surface area contributed by atoms with Crippen molar-refractivity contribution in [1.82, 2.24) is 9.97 Å². The lowest BCUT2D eigenvalue weighted by Crippen LogP contribution is -2.36. The number of benzene rings is 1. The van der Waals surface area contributed by atoms with Crippen LogP contribution in [-0.2, 0) is 4.74 Å². The van der Waals surface area contributed by atoms with Gasteiger partial charge in [-0.25, -0.2) is 9.97 Å². The number of ether oxygens (including phenoxy) is 2. The second kappa shape index (κ2) is 8.19. The molecular formula is C19H24ClN5O2. The van der Waals surface area contributed by atoms with Gasteiger partial charge in [0.2, 0.25) is 0 Å². The normalized spacial score (nSPS) is 20.0. The lowest BCUT2D eigenvalue weighted by atomic mass is 10.2. The van der Waals surface area contributed by atoms with E-state index < -0.39 is 0 Å². The van der Waals surface area contributed by atoms with Crippen molar-refractivity contribution in [3.05, 3.63) is 35.6 Å². The van der Waals surface area contributed by atoms with Gasteiger partial charge in [-0.15, -0.1) is 0 Å². The van der Waals surface area contributed by atoms with E-state index >= 15 is 0 Å². The minimum Gasteiger partial charge on any atom is -0.495 e. The Morgan fingerprint density at radius 2 is 2.00 bits per heavy atom. The van der Waals surface area contributed by atoms with Gasteiger partial charge in [-0.2, -0.15) is 0 Å². The molecule has 1 unspecified atom stereocenters. The summed E-state index contributed by atoms with van der Waals surface area (Å²) in [6.45, 7) is 5.02. The highest BCUT2D eigenvalue weighted by Gasteiger charge is 2.25. The van der Waals surface area contributed by atoms with Crippen molar-refractivity contribution in [3.8, 4) is 5.75 Å². The van der Waals surface area contributed by atoms with Gasteiger partial charge in [0.15, 0.2) is 0 Å². The van der Waals surface area contributed by atoms with Crippen molar-refractivity contribution < 1.29 is 9.47 Å². The van der Waals surface area contributed by atoms with Gasteiger partial charge in [-0.3, -0.25) is 0 Å². The summed E-state index contributed by atoms with van der Waals surface area (Å²) in [4.78, 5) is 13.3. The van der Waals surface area contributed by atoms with Crippen LogP contribution in [0.15, 0.2) is 30.6 Å². The Bertz CT molecular complexity index is 784. The summed E-state index contributed by atoms with van der Waals surface area (Å²) in [5.41, 5.74) is 1.03. The Hall–Kier alpha value is -2.25. The van der Waals surface area contributed by atoms with Crippen LogP contribution in [0.5, 0.6) is 5.75 Å². The van der Waals surface area contributed by atoms with Crippen LogP contribution in [0.3, 0.4) is 0 Å². The molecule has 1 N–H and O–H groups in total. The maximum atomic E-state index is 6.18. The zero-order valence-corrected chi connectivity index (χ0v) is 16.2. The zero-order valence-electron chi connectivity index (χ0n) is 15.4. The number of hydrogen-bond acceptors (Lipinski definition) is 7. The van der Waals surface area contributed by atoms with Gasteiger partial charge in [0.05, 0.1) is 26.0 Å². The Labute approximate surface area is 164 Å². The third-order valence-electron chi connectivity index (χ3n) is 5.01. The van der Waals surface area contributed by atoms with E-state index in [0.717, 1.165) is 68.9 Å². The SMILES string of the molecule is COc1ccc(Cl)cc1N1CCC(Nc2cc(N3CCOCC3)ncn2)C1. The summed E-state index contributed by atoms with van der Waals surface area (Å²) in [5.74, 6) is 2.65. The number of nitrogens with one attached hydrogen (secondary N) is 1. The Kier molecular flexibility index (Phi) is 5.50. The van der Waals surface area contributed by atoms with Gasteiger partial charge in [0.25, 0.3) is 0 Å². The fourth-order valence-electron chi connectivity index (χ4n) is 3.61. The maximum absolute atomic E-state index is 6.18. The van der Waals surface area contributed by atoms with Crippen molar-refractivity contribution in [2.24, 2.45) is 0 Å². The van der Waals surface area contributed by atoms with Gasteiger partial charge in [0.1, 0.15) is 23.7 Å². The number of halogens is 1. The maximum Gasteiger partial charge on any atom is 0.142 e. The van der Waals surface area contributed by atoms with Crippen LogP contribution >= 0.6 is 11.6 Å². The summed E-state index contributed by atoms with van der Waals surface area (Å²) in [7, 11) is 1.69. The smallest absolute Gasteiger partial charge is 0.142 e. The fraction of sp³-hybridized carbons (Fsp3) is 0.474. The second-order valence-electron chi connectivity index (χ2n) is 6.75. The van der Waals surface area contributed by atoms with Gasteiger partial charge >= 0.3 is 0 Å². The molecule has 8 heteroatoms. The molecule has 1 aromatic heterocycles. The average Bonchev–Trinajstić information content (AvgIpc) is 3.17. The molecule has 1 aromatic carbocycles. The molecule has 0 aliphatic carbocycles. The Balaban J connectivity index is 1.42. The van der Waals surface area contributed by atoms with E-state index in [4.69, 9.17) is 21.1 Å². The van der Waals surface area contributed by atoms with E-state index in [9.17, 15) is 0 Å². The van der Waals surface area contributed by atoms with Crippen LogP contribution in [0, 0.1) is 0 Å². The van der Waals surface area contributed by atoms with Crippen molar-refractivity contribution >= 4 is 28.9 Å². The van der Waals surface area contributed by atoms with E-state index in [-0.39, 0.29) is 0 Å². The lowest BCUT2D eigenvalue weighted by molar-refractivity contribution is 0.122. The predicted molar refractivity (Wildman–Crippen MR) is 107 cm³/mol. The highest BCUT2D eigenvalue weighted by Crippen LogP contribution is 2.33. The Morgan fingerprint density at radius 3 is 2.81 bits per heavy atom. The summed E-state index contributed by atoms with van der Waals surface area (Å²) < 4.78 is 10.9. The van der Waals surface area contributed by atoms with Crippen molar-refractivity contribution in [3.63, 3.8) is 0 Å². The molecule has 1 atom stereocenters. The number of morpholine rings is 1. The molecule has 0 spiro atoms. The molecule has 144 valence electrons. The first-order valence-electron chi connectivity index (χ1n) is 9.22. The predicted octanol–water partition coefficient (Wildman–Crippen LogP) is 2.67. The third kappa shape index (κ3) is 4.20. The molecule has 2 fully saturated rings. The molecule has 0 saturated carbocycles. The number of aromatic nitrogens is 2. The fourth-order valence-corrected chi connectivity index (χ4v) is 3.77. The van der Waals surface area contributed by atoms with E-state index in [1.165, 1.54) is 0 Å². The van der Waals surface area contributed by atoms with Gasteiger partial charge < -0.3 is 24.6 Å². The lowest BCUT2D eigenvalue weighted by Gasteiger charge is -2.28. The highest BCUT2D eigenvalue weighted by molar-refractivity contribution is 6.30. The average molecular weight is 390 g/mol. The van der Waals surface area contributed by atoms with Gasteiger partial charge in [0, 0.05) is 43.3 Å². The molecule has 3 heterocycles. The Morgan fingerprint density at radius 1 is 1.15 bits per heavy atom. The van der Waals surface area contributed by atoms with Gasteiger partial charge in [-0.1, -0.05) is 11.6 Å². The monoisotopic (exact) mass is 389 g/mol. The molecule has 0 radical (unpaired) electrons. The minimum atomic E-state index is 0.307. The number of anilines is 3. The van der Waals surface area contributed by atoms with Crippen LogP contribution in [0.4, 0.5) is 17.3 Å². The first-order chi connectivity index (χ1) is 13.2. The van der Waals surface area contributed by atoms with Crippen molar-refractivity contribution in [2.75, 3.05) is 61.6 Å². The first kappa shape index (κ1) is 18.1. The summed E-state index contributed by atoms with van der Waals surface area (Å²) in [6.07, 6.45) is 2.65. The summed E-state index contributed by atoms with van der Waals surface area (Å²) in [6, 6.07) is 8.06. The quantitative estimate of drug-likeness (QED) is 0.843. The number of hydrogen-bond donors (Lipinski definition) is 1. The van der Waals surface area contributed by atoms with Gasteiger partial charge in [-0.05, 0) is 24.6 Å². The zero-order chi connectivity index (χ0) is 18.6. The van der Waals surface area contributed by atoms with Crippen molar-refractivity contribution in [1.29, 1.82) is 0 Å². The molecule has 4 rings (SSSR count). The number of rotatable bonds is 5. The molecular weight excluding hydrogens is 366 g/mol. The largest absolute Gasteiger partial charge is 0.495 e.